The van der Waals surface area contributed by atoms with E-state index >= 15 is 0 Å². The van der Waals surface area contributed by atoms with E-state index in [-0.39, 0.29) is 39.2 Å². The highest BCUT2D eigenvalue weighted by molar-refractivity contribution is 5.98. The molecule has 3 rings (SSSR count). The summed E-state index contributed by atoms with van der Waals surface area (Å²) < 4.78 is 15.5. The fourth-order valence-electron chi connectivity index (χ4n) is 3.62. The zero-order valence-electron chi connectivity index (χ0n) is 22.8. The zero-order valence-corrected chi connectivity index (χ0v) is 22.8. The van der Waals surface area contributed by atoms with E-state index in [1.165, 1.54) is 0 Å². The molecule has 0 aliphatic rings. The predicted molar refractivity (Wildman–Crippen MR) is 152 cm³/mol. The molecule has 0 aliphatic heterocycles. The van der Waals surface area contributed by atoms with Gasteiger partial charge in [0.1, 0.15) is 25.9 Å². The average Bonchev–Trinajstić information content (AvgIpc) is 3.00. The quantitative estimate of drug-likeness (QED) is 0.160. The molecule has 3 aromatic rings. The number of amides is 3. The van der Waals surface area contributed by atoms with Crippen molar-refractivity contribution in [3.05, 3.63) is 108 Å². The second-order valence-electron chi connectivity index (χ2n) is 8.94. The normalized spacial score (nSPS) is 11.6. The van der Waals surface area contributed by atoms with Crippen LogP contribution in [0, 0.1) is 0 Å². The molecule has 0 aromatic heterocycles. The standard InChI is InChI=1S/C30H32N4O8/c31-27(33-29(38)41-20-23-13-6-2-7-14-23)34(30(39)42-21-24-15-8-3-9-16-24)18-10-17-25(26(35)36)32-28(37)40-19-22-11-4-1-5-12-22/h1-9,11-16,25H,10,17-21H2,(H,32,37)(H,35,36)(H2,31,33,38). The number of nitrogens with two attached hydrogens (primary N) is 1. The lowest BCUT2D eigenvalue weighted by Gasteiger charge is -2.22. The summed E-state index contributed by atoms with van der Waals surface area (Å²) in [6, 6.07) is 25.4. The van der Waals surface area contributed by atoms with E-state index in [1.54, 1.807) is 72.8 Å². The third-order valence-corrected chi connectivity index (χ3v) is 5.79. The Bertz CT molecular complexity index is 1340. The van der Waals surface area contributed by atoms with Crippen LogP contribution in [0.4, 0.5) is 14.4 Å². The van der Waals surface area contributed by atoms with Crippen LogP contribution in [0.1, 0.15) is 29.5 Å². The maximum Gasteiger partial charge on any atom is 0.437 e. The van der Waals surface area contributed by atoms with Gasteiger partial charge in [0, 0.05) is 6.54 Å². The minimum absolute atomic E-state index is 0.0343. The largest absolute Gasteiger partial charge is 0.480 e. The highest BCUT2D eigenvalue weighted by Crippen LogP contribution is 2.08. The van der Waals surface area contributed by atoms with Gasteiger partial charge in [-0.3, -0.25) is 0 Å². The summed E-state index contributed by atoms with van der Waals surface area (Å²) in [4.78, 5) is 53.7. The van der Waals surface area contributed by atoms with Crippen LogP contribution in [0.3, 0.4) is 0 Å². The Hall–Kier alpha value is -5.39. The first-order valence-corrected chi connectivity index (χ1v) is 13.0. The van der Waals surface area contributed by atoms with Crippen LogP contribution in [0.25, 0.3) is 0 Å². The van der Waals surface area contributed by atoms with Gasteiger partial charge in [0.15, 0.2) is 0 Å². The molecular formula is C30H32N4O8. The number of aliphatic imine (C=N–C) groups is 1. The van der Waals surface area contributed by atoms with Crippen molar-refractivity contribution in [3.8, 4) is 0 Å². The Morgan fingerprint density at radius 3 is 1.74 bits per heavy atom. The summed E-state index contributed by atoms with van der Waals surface area (Å²) in [6.07, 6.45) is -2.88. The Morgan fingerprint density at radius 2 is 1.24 bits per heavy atom. The van der Waals surface area contributed by atoms with E-state index in [0.29, 0.717) is 5.56 Å². The van der Waals surface area contributed by atoms with Crippen molar-refractivity contribution in [1.29, 1.82) is 0 Å². The van der Waals surface area contributed by atoms with Crippen LogP contribution in [-0.4, -0.2) is 52.8 Å². The van der Waals surface area contributed by atoms with Gasteiger partial charge in [-0.1, -0.05) is 91.0 Å². The number of rotatable bonds is 12. The molecule has 0 fully saturated rings. The van der Waals surface area contributed by atoms with Gasteiger partial charge < -0.3 is 30.4 Å². The fourth-order valence-corrected chi connectivity index (χ4v) is 3.62. The molecule has 3 aromatic carbocycles. The van der Waals surface area contributed by atoms with Gasteiger partial charge >= 0.3 is 24.2 Å². The molecule has 42 heavy (non-hydrogen) atoms. The first-order valence-electron chi connectivity index (χ1n) is 13.0. The molecule has 0 spiro atoms. The van der Waals surface area contributed by atoms with Gasteiger partial charge in [0.2, 0.25) is 5.96 Å². The van der Waals surface area contributed by atoms with Gasteiger partial charge in [-0.05, 0) is 29.5 Å². The second-order valence-corrected chi connectivity index (χ2v) is 8.94. The van der Waals surface area contributed by atoms with Crippen molar-refractivity contribution >= 4 is 30.2 Å². The number of carboxylic acids is 1. The number of carbonyl (C=O) groups is 4. The third-order valence-electron chi connectivity index (χ3n) is 5.79. The molecule has 220 valence electrons. The molecule has 0 aliphatic carbocycles. The van der Waals surface area contributed by atoms with Crippen LogP contribution in [0.15, 0.2) is 96.0 Å². The molecule has 12 heteroatoms. The number of hydrogen-bond donors (Lipinski definition) is 3. The van der Waals surface area contributed by atoms with Crippen LogP contribution >= 0.6 is 0 Å². The van der Waals surface area contributed by atoms with Gasteiger partial charge in [-0.25, -0.2) is 24.1 Å². The van der Waals surface area contributed by atoms with Crippen molar-refractivity contribution in [2.45, 2.75) is 38.7 Å². The fraction of sp³-hybridized carbons (Fsp3) is 0.233. The van der Waals surface area contributed by atoms with E-state index in [4.69, 9.17) is 19.9 Å². The Labute approximate surface area is 242 Å². The number of guanidine groups is 1. The number of benzene rings is 3. The Balaban J connectivity index is 1.60. The van der Waals surface area contributed by atoms with Crippen LogP contribution in [-0.2, 0) is 38.8 Å². The molecule has 0 radical (unpaired) electrons. The number of nitrogens with zero attached hydrogens (tertiary/aromatic N) is 2. The first kappa shape index (κ1) is 31.1. The molecule has 0 saturated heterocycles. The van der Waals surface area contributed by atoms with Gasteiger partial charge in [-0.15, -0.1) is 4.99 Å². The molecule has 12 nitrogen and oxygen atoms in total. The van der Waals surface area contributed by atoms with E-state index in [9.17, 15) is 24.3 Å². The summed E-state index contributed by atoms with van der Waals surface area (Å²) in [7, 11) is 0. The summed E-state index contributed by atoms with van der Waals surface area (Å²) >= 11 is 0. The lowest BCUT2D eigenvalue weighted by Crippen LogP contribution is -2.45. The molecule has 1 unspecified atom stereocenters. The number of carboxylic acid groups (broad SMARTS) is 1. The molecule has 0 saturated carbocycles. The highest BCUT2D eigenvalue weighted by Gasteiger charge is 2.24. The van der Waals surface area contributed by atoms with E-state index < -0.39 is 36.3 Å². The molecule has 0 heterocycles. The van der Waals surface area contributed by atoms with Gasteiger partial charge in [0.05, 0.1) is 0 Å². The van der Waals surface area contributed by atoms with E-state index in [2.05, 4.69) is 10.3 Å². The van der Waals surface area contributed by atoms with Crippen molar-refractivity contribution in [2.75, 3.05) is 6.54 Å². The van der Waals surface area contributed by atoms with Gasteiger partial charge in [-0.2, -0.15) is 0 Å². The highest BCUT2D eigenvalue weighted by atomic mass is 16.6. The van der Waals surface area contributed by atoms with E-state index in [0.717, 1.165) is 16.0 Å². The maximum atomic E-state index is 12.9. The molecule has 3 amide bonds. The van der Waals surface area contributed by atoms with Gasteiger partial charge in [0.25, 0.3) is 0 Å². The smallest absolute Gasteiger partial charge is 0.437 e. The summed E-state index contributed by atoms with van der Waals surface area (Å²) in [5.74, 6) is -1.79. The molecular weight excluding hydrogens is 544 g/mol. The number of carbonyl (C=O) groups excluding carboxylic acids is 3. The zero-order chi connectivity index (χ0) is 30.2. The van der Waals surface area contributed by atoms with E-state index in [1.807, 2.05) is 18.2 Å². The molecule has 1 atom stereocenters. The number of nitrogens with one attached hydrogen (secondary N) is 1. The number of ether oxygens (including phenoxy) is 3. The van der Waals surface area contributed by atoms with Crippen LogP contribution in [0.2, 0.25) is 0 Å². The van der Waals surface area contributed by atoms with Crippen molar-refractivity contribution in [1.82, 2.24) is 10.2 Å². The van der Waals surface area contributed by atoms with Crippen molar-refractivity contribution in [3.63, 3.8) is 0 Å². The number of aliphatic carboxylic acids is 1. The lowest BCUT2D eigenvalue weighted by atomic mass is 10.1. The predicted octanol–water partition coefficient (Wildman–Crippen LogP) is 4.44. The second kappa shape index (κ2) is 16.7. The number of alkyl carbamates (subject to hydrolysis) is 1. The topological polar surface area (TPSA) is 170 Å². The van der Waals surface area contributed by atoms with Crippen LogP contribution in [0.5, 0.6) is 0 Å². The summed E-state index contributed by atoms with van der Waals surface area (Å²) in [5.41, 5.74) is 8.16. The average molecular weight is 577 g/mol. The Kier molecular flexibility index (Phi) is 12.3. The summed E-state index contributed by atoms with van der Waals surface area (Å²) in [5, 5.41) is 11.9. The van der Waals surface area contributed by atoms with Crippen molar-refractivity contribution < 1.29 is 38.5 Å². The number of hydrogen-bond acceptors (Lipinski definition) is 7. The molecule has 4 N–H and O–H groups in total. The Morgan fingerprint density at radius 1 is 0.762 bits per heavy atom. The minimum Gasteiger partial charge on any atom is -0.480 e. The van der Waals surface area contributed by atoms with Crippen LogP contribution < -0.4 is 11.1 Å². The minimum atomic E-state index is -1.32. The van der Waals surface area contributed by atoms with Crippen molar-refractivity contribution in [2.24, 2.45) is 10.7 Å². The SMILES string of the molecule is NC(=NC(=O)OCc1ccccc1)N(CCCC(NC(=O)OCc1ccccc1)C(=O)O)C(=O)OCc1ccccc1. The summed E-state index contributed by atoms with van der Waals surface area (Å²) in [6.45, 7) is -0.331. The first-order chi connectivity index (χ1) is 20.3. The maximum absolute atomic E-state index is 12.9. The monoisotopic (exact) mass is 576 g/mol. The lowest BCUT2D eigenvalue weighted by molar-refractivity contribution is -0.139. The third kappa shape index (κ3) is 11.0. The molecule has 0 bridgehead atoms.